The van der Waals surface area contributed by atoms with E-state index in [1.54, 1.807) is 0 Å². The largest absolute Gasteiger partial charge is 0.485 e. The first-order valence-corrected chi connectivity index (χ1v) is 7.12. The minimum absolute atomic E-state index is 0.237. The number of hydrogen-bond acceptors (Lipinski definition) is 1. The molecule has 0 saturated heterocycles. The summed E-state index contributed by atoms with van der Waals surface area (Å²) in [6, 6.07) is 17.0. The monoisotopic (exact) mass is 252 g/mol. The fraction of sp³-hybridized carbons (Fsp3) is 0.333. The molecule has 0 radical (unpaired) electrons. The predicted octanol–water partition coefficient (Wildman–Crippen LogP) is 4.88. The number of ether oxygens (including phenoxy) is 1. The highest BCUT2D eigenvalue weighted by Gasteiger charge is 2.28. The van der Waals surface area contributed by atoms with E-state index in [1.165, 1.54) is 23.1 Å². The molecule has 98 valence electrons. The van der Waals surface area contributed by atoms with Gasteiger partial charge in [-0.2, -0.15) is 0 Å². The molecule has 1 aliphatic rings. The van der Waals surface area contributed by atoms with E-state index >= 15 is 0 Å². The lowest BCUT2D eigenvalue weighted by molar-refractivity contribution is 0.181. The molecule has 2 aromatic rings. The van der Waals surface area contributed by atoms with E-state index < -0.39 is 0 Å². The second-order valence-corrected chi connectivity index (χ2v) is 5.39. The van der Waals surface area contributed by atoms with Gasteiger partial charge >= 0.3 is 0 Å². The van der Waals surface area contributed by atoms with Crippen molar-refractivity contribution in [1.82, 2.24) is 0 Å². The van der Waals surface area contributed by atoms with Crippen molar-refractivity contribution in [2.45, 2.75) is 38.7 Å². The Morgan fingerprint density at radius 1 is 1.16 bits per heavy atom. The third-order valence-corrected chi connectivity index (χ3v) is 4.13. The van der Waals surface area contributed by atoms with Gasteiger partial charge in [0.05, 0.1) is 0 Å². The first-order valence-electron chi connectivity index (χ1n) is 7.12. The molecular formula is C18H20O. The minimum Gasteiger partial charge on any atom is -0.485 e. The van der Waals surface area contributed by atoms with Gasteiger partial charge < -0.3 is 4.74 Å². The molecule has 0 aliphatic heterocycles. The van der Waals surface area contributed by atoms with E-state index in [2.05, 4.69) is 32.0 Å². The van der Waals surface area contributed by atoms with E-state index in [9.17, 15) is 0 Å². The van der Waals surface area contributed by atoms with E-state index in [-0.39, 0.29) is 6.10 Å². The van der Waals surface area contributed by atoms with Gasteiger partial charge in [-0.3, -0.25) is 0 Å². The summed E-state index contributed by atoms with van der Waals surface area (Å²) in [4.78, 5) is 0. The smallest absolute Gasteiger partial charge is 0.128 e. The van der Waals surface area contributed by atoms with Gasteiger partial charge in [0.25, 0.3) is 0 Å². The third kappa shape index (κ3) is 2.37. The molecule has 2 unspecified atom stereocenters. The normalized spacial score (nSPS) is 18.3. The van der Waals surface area contributed by atoms with Crippen LogP contribution in [0, 0.1) is 0 Å². The number of rotatable bonds is 4. The SMILES string of the molecule is CCC(C)c1ccc2c(c1)C(Oc1ccccc1)C2. The van der Waals surface area contributed by atoms with Gasteiger partial charge in [-0.1, -0.05) is 50.2 Å². The molecule has 0 fully saturated rings. The highest BCUT2D eigenvalue weighted by molar-refractivity contribution is 5.43. The van der Waals surface area contributed by atoms with Gasteiger partial charge in [0.2, 0.25) is 0 Å². The Balaban J connectivity index is 1.78. The predicted molar refractivity (Wildman–Crippen MR) is 78.7 cm³/mol. The summed E-state index contributed by atoms with van der Waals surface area (Å²) >= 11 is 0. The first kappa shape index (κ1) is 12.3. The molecular weight excluding hydrogens is 232 g/mol. The zero-order valence-corrected chi connectivity index (χ0v) is 11.6. The third-order valence-electron chi connectivity index (χ3n) is 4.13. The topological polar surface area (TPSA) is 9.23 Å². The van der Waals surface area contributed by atoms with Gasteiger partial charge in [0.1, 0.15) is 11.9 Å². The molecule has 0 saturated carbocycles. The van der Waals surface area contributed by atoms with Crippen molar-refractivity contribution in [3.63, 3.8) is 0 Å². The summed E-state index contributed by atoms with van der Waals surface area (Å²) in [5.41, 5.74) is 4.25. The van der Waals surface area contributed by atoms with Crippen LogP contribution < -0.4 is 4.74 Å². The second-order valence-electron chi connectivity index (χ2n) is 5.39. The Labute approximate surface area is 115 Å². The second kappa shape index (κ2) is 5.08. The van der Waals surface area contributed by atoms with Crippen molar-refractivity contribution in [3.05, 3.63) is 65.2 Å². The van der Waals surface area contributed by atoms with Gasteiger partial charge in [0.15, 0.2) is 0 Å². The standard InChI is InChI=1S/C18H20O/c1-3-13(2)14-9-10-15-12-18(17(15)11-14)19-16-7-5-4-6-8-16/h4-11,13,18H,3,12H2,1-2H3. The number of fused-ring (bicyclic) bond motifs is 1. The maximum absolute atomic E-state index is 6.05. The summed E-state index contributed by atoms with van der Waals surface area (Å²) in [7, 11) is 0. The molecule has 0 bridgehead atoms. The van der Waals surface area contributed by atoms with Crippen LogP contribution in [0.5, 0.6) is 5.75 Å². The van der Waals surface area contributed by atoms with Crippen LogP contribution in [0.15, 0.2) is 48.5 Å². The number of para-hydroxylation sites is 1. The van der Waals surface area contributed by atoms with Crippen LogP contribution in [0.4, 0.5) is 0 Å². The molecule has 0 N–H and O–H groups in total. The van der Waals surface area contributed by atoms with Crippen molar-refractivity contribution < 1.29 is 4.74 Å². The highest BCUT2D eigenvalue weighted by atomic mass is 16.5. The lowest BCUT2D eigenvalue weighted by atomic mass is 9.82. The first-order chi connectivity index (χ1) is 9.28. The fourth-order valence-corrected chi connectivity index (χ4v) is 2.59. The molecule has 2 aromatic carbocycles. The van der Waals surface area contributed by atoms with Crippen molar-refractivity contribution in [2.75, 3.05) is 0 Å². The van der Waals surface area contributed by atoms with Gasteiger partial charge in [-0.05, 0) is 41.2 Å². The Hall–Kier alpha value is -1.76. The average Bonchev–Trinajstić information content (AvgIpc) is 2.45. The van der Waals surface area contributed by atoms with Crippen LogP contribution in [0.1, 0.15) is 49.0 Å². The zero-order chi connectivity index (χ0) is 13.2. The number of hydrogen-bond donors (Lipinski definition) is 0. The number of benzene rings is 2. The van der Waals surface area contributed by atoms with E-state index in [0.717, 1.165) is 12.2 Å². The molecule has 0 aromatic heterocycles. The maximum atomic E-state index is 6.05. The van der Waals surface area contributed by atoms with Gasteiger partial charge in [-0.25, -0.2) is 0 Å². The summed E-state index contributed by atoms with van der Waals surface area (Å²) in [5.74, 6) is 1.59. The van der Waals surface area contributed by atoms with E-state index in [1.807, 2.05) is 30.3 Å². The van der Waals surface area contributed by atoms with Crippen LogP contribution in [0.3, 0.4) is 0 Å². The Morgan fingerprint density at radius 3 is 2.68 bits per heavy atom. The molecule has 1 heteroatoms. The maximum Gasteiger partial charge on any atom is 0.128 e. The molecule has 3 rings (SSSR count). The fourth-order valence-electron chi connectivity index (χ4n) is 2.59. The average molecular weight is 252 g/mol. The van der Waals surface area contributed by atoms with E-state index in [0.29, 0.717) is 5.92 Å². The summed E-state index contributed by atoms with van der Waals surface area (Å²) in [5, 5.41) is 0. The van der Waals surface area contributed by atoms with E-state index in [4.69, 9.17) is 4.74 Å². The summed E-state index contributed by atoms with van der Waals surface area (Å²) in [6.07, 6.45) is 2.45. The van der Waals surface area contributed by atoms with Gasteiger partial charge in [-0.15, -0.1) is 0 Å². The van der Waals surface area contributed by atoms with Crippen molar-refractivity contribution in [2.24, 2.45) is 0 Å². The summed E-state index contributed by atoms with van der Waals surface area (Å²) < 4.78 is 6.05. The molecule has 1 aliphatic carbocycles. The summed E-state index contributed by atoms with van der Waals surface area (Å²) in [6.45, 7) is 4.52. The zero-order valence-electron chi connectivity index (χ0n) is 11.6. The minimum atomic E-state index is 0.237. The van der Waals surface area contributed by atoms with Gasteiger partial charge in [0, 0.05) is 6.42 Å². The molecule has 0 spiro atoms. The van der Waals surface area contributed by atoms with Crippen molar-refractivity contribution in [1.29, 1.82) is 0 Å². The molecule has 2 atom stereocenters. The quantitative estimate of drug-likeness (QED) is 0.753. The van der Waals surface area contributed by atoms with Crippen molar-refractivity contribution >= 4 is 0 Å². The van der Waals surface area contributed by atoms with Crippen LogP contribution in [0.2, 0.25) is 0 Å². The lowest BCUT2D eigenvalue weighted by Crippen LogP contribution is -2.22. The van der Waals surface area contributed by atoms with Crippen LogP contribution in [-0.4, -0.2) is 0 Å². The van der Waals surface area contributed by atoms with Crippen molar-refractivity contribution in [3.8, 4) is 5.75 Å². The Bertz CT molecular complexity index is 559. The molecule has 19 heavy (non-hydrogen) atoms. The molecule has 1 nitrogen and oxygen atoms in total. The molecule has 0 heterocycles. The Morgan fingerprint density at radius 2 is 1.95 bits per heavy atom. The molecule has 0 amide bonds. The highest BCUT2D eigenvalue weighted by Crippen LogP contribution is 2.38. The van der Waals surface area contributed by atoms with Crippen LogP contribution in [-0.2, 0) is 6.42 Å². The van der Waals surface area contributed by atoms with Crippen LogP contribution in [0.25, 0.3) is 0 Å². The van der Waals surface area contributed by atoms with Crippen LogP contribution >= 0.6 is 0 Å². The Kier molecular flexibility index (Phi) is 3.29. The lowest BCUT2D eigenvalue weighted by Gasteiger charge is -2.31.